The SMILES string of the molecule is CC(=O)OCC1=C(C(=O)[O-])N2C(=O)C(NC(=O)Cc3cccc(N(C(=O)C4=CCOC4=O)C(=O)N4CCNC4)c3)[C@@H]2SC1.[Na+]. The third-order valence-electron chi connectivity index (χ3n) is 7.02. The summed E-state index contributed by atoms with van der Waals surface area (Å²) in [5, 5.41) is 16.7. The summed E-state index contributed by atoms with van der Waals surface area (Å²) in [7, 11) is 0. The van der Waals surface area contributed by atoms with Crippen molar-refractivity contribution in [3.63, 3.8) is 0 Å². The largest absolute Gasteiger partial charge is 1.00 e. The van der Waals surface area contributed by atoms with Crippen LogP contribution < -0.4 is 50.2 Å². The van der Waals surface area contributed by atoms with Crippen LogP contribution >= 0.6 is 11.8 Å². The Labute approximate surface area is 277 Å². The molecule has 0 spiro atoms. The normalized spacial score (nSPS) is 20.5. The number of nitrogens with zero attached hydrogens (tertiary/aromatic N) is 3. The van der Waals surface area contributed by atoms with Gasteiger partial charge in [-0.3, -0.25) is 29.4 Å². The number of fused-ring (bicyclic) bond motifs is 1. The number of carbonyl (C=O) groups excluding carboxylic acids is 7. The van der Waals surface area contributed by atoms with E-state index in [0.717, 1.165) is 9.80 Å². The Morgan fingerprint density at radius 1 is 1.23 bits per heavy atom. The average Bonchev–Trinajstić information content (AvgIpc) is 3.66. The van der Waals surface area contributed by atoms with E-state index in [2.05, 4.69) is 10.6 Å². The Bertz CT molecular complexity index is 1490. The molecule has 4 aliphatic heterocycles. The average molecular weight is 636 g/mol. The minimum Gasteiger partial charge on any atom is -0.543 e. The van der Waals surface area contributed by atoms with E-state index in [1.807, 2.05) is 0 Å². The van der Waals surface area contributed by atoms with Crippen LogP contribution in [0.25, 0.3) is 0 Å². The van der Waals surface area contributed by atoms with Crippen LogP contribution in [0.2, 0.25) is 0 Å². The van der Waals surface area contributed by atoms with Crippen molar-refractivity contribution in [2.45, 2.75) is 24.8 Å². The van der Waals surface area contributed by atoms with E-state index in [9.17, 15) is 38.7 Å². The second-order valence-corrected chi connectivity index (χ2v) is 11.0. The van der Waals surface area contributed by atoms with Gasteiger partial charge in [0.1, 0.15) is 30.2 Å². The van der Waals surface area contributed by atoms with Gasteiger partial charge in [-0.15, -0.1) is 11.8 Å². The maximum atomic E-state index is 13.3. The van der Waals surface area contributed by atoms with E-state index >= 15 is 0 Å². The molecule has 2 atom stereocenters. The molecule has 0 aromatic heterocycles. The molecule has 17 heteroatoms. The van der Waals surface area contributed by atoms with Crippen molar-refractivity contribution < 1.29 is 77.7 Å². The molecular weight excluding hydrogens is 609 g/mol. The van der Waals surface area contributed by atoms with Crippen LogP contribution in [0.15, 0.2) is 47.2 Å². The number of benzene rings is 1. The molecule has 0 aliphatic carbocycles. The zero-order valence-electron chi connectivity index (χ0n) is 23.8. The van der Waals surface area contributed by atoms with Gasteiger partial charge < -0.3 is 29.6 Å². The number of anilines is 1. The zero-order valence-corrected chi connectivity index (χ0v) is 26.6. The van der Waals surface area contributed by atoms with Crippen LogP contribution in [0.4, 0.5) is 10.5 Å². The molecule has 1 unspecified atom stereocenters. The standard InChI is InChI=1S/C27H27N5O10S.Na/c1-14(33)42-11-16-12-43-24-20(23(36)32(24)21(16)25(37)38)29-19(34)10-15-3-2-4-17(9-15)31(27(40)30-7-6-28-13-30)22(35)18-5-8-41-26(18)39;/h2-5,9,20,24,28H,6-8,10-13H2,1H3,(H,29,34)(H,37,38);/q;+1/p-1/t20?,24-;/m0./s1. The van der Waals surface area contributed by atoms with E-state index in [1.54, 1.807) is 12.1 Å². The summed E-state index contributed by atoms with van der Waals surface area (Å²) in [6.45, 7) is 1.88. The van der Waals surface area contributed by atoms with Crippen LogP contribution in [0.1, 0.15) is 12.5 Å². The number of carbonyl (C=O) groups is 7. The number of carboxylic acid groups (broad SMARTS) is 1. The molecule has 44 heavy (non-hydrogen) atoms. The summed E-state index contributed by atoms with van der Waals surface area (Å²) >= 11 is 1.21. The Balaban J connectivity index is 0.00000442. The monoisotopic (exact) mass is 635 g/mol. The number of thioether (sulfide) groups is 1. The van der Waals surface area contributed by atoms with Crippen LogP contribution in [0, 0.1) is 0 Å². The van der Waals surface area contributed by atoms with Crippen molar-refractivity contribution in [3.8, 4) is 0 Å². The number of urea groups is 1. The molecule has 226 valence electrons. The molecule has 0 bridgehead atoms. The number of ether oxygens (including phenoxy) is 2. The maximum Gasteiger partial charge on any atom is 1.00 e. The first-order chi connectivity index (χ1) is 20.6. The Morgan fingerprint density at radius 2 is 2.00 bits per heavy atom. The molecule has 4 heterocycles. The second kappa shape index (κ2) is 13.9. The first-order valence-corrected chi connectivity index (χ1v) is 14.2. The minimum absolute atomic E-state index is 0. The van der Waals surface area contributed by atoms with E-state index < -0.39 is 53.1 Å². The van der Waals surface area contributed by atoms with Gasteiger partial charge in [-0.1, -0.05) is 12.1 Å². The molecule has 1 aromatic carbocycles. The van der Waals surface area contributed by atoms with Crippen molar-refractivity contribution in [3.05, 3.63) is 52.7 Å². The van der Waals surface area contributed by atoms with Crippen molar-refractivity contribution in [1.82, 2.24) is 20.4 Å². The van der Waals surface area contributed by atoms with Crippen molar-refractivity contribution in [2.24, 2.45) is 0 Å². The van der Waals surface area contributed by atoms with Gasteiger partial charge in [-0.05, 0) is 23.8 Å². The predicted octanol–water partition coefficient (Wildman–Crippen LogP) is -5.00. The maximum absolute atomic E-state index is 13.3. The van der Waals surface area contributed by atoms with Crippen molar-refractivity contribution in [1.29, 1.82) is 0 Å². The number of hydrogen-bond donors (Lipinski definition) is 2. The van der Waals surface area contributed by atoms with Gasteiger partial charge in [0.15, 0.2) is 0 Å². The van der Waals surface area contributed by atoms with Crippen LogP contribution in [-0.4, -0.2) is 102 Å². The zero-order chi connectivity index (χ0) is 30.8. The van der Waals surface area contributed by atoms with Crippen LogP contribution in [-0.2, 0) is 44.7 Å². The molecule has 5 rings (SSSR count). The Morgan fingerprint density at radius 3 is 2.64 bits per heavy atom. The van der Waals surface area contributed by atoms with Gasteiger partial charge in [0.25, 0.3) is 11.8 Å². The number of amides is 5. The number of carboxylic acids is 1. The number of β-lactam (4-membered cyclic amide) rings is 1. The van der Waals surface area contributed by atoms with Gasteiger partial charge in [0, 0.05) is 31.3 Å². The molecule has 2 saturated heterocycles. The van der Waals surface area contributed by atoms with Gasteiger partial charge in [0.2, 0.25) is 5.91 Å². The number of aliphatic carboxylic acids is 1. The quantitative estimate of drug-likeness (QED) is 0.120. The van der Waals surface area contributed by atoms with E-state index in [-0.39, 0.29) is 84.1 Å². The summed E-state index contributed by atoms with van der Waals surface area (Å²) < 4.78 is 9.74. The van der Waals surface area contributed by atoms with Crippen LogP contribution in [0.5, 0.6) is 0 Å². The van der Waals surface area contributed by atoms with Gasteiger partial charge >= 0.3 is 47.5 Å². The first kappa shape index (κ1) is 33.2. The fourth-order valence-corrected chi connectivity index (χ4v) is 6.30. The van der Waals surface area contributed by atoms with Crippen molar-refractivity contribution in [2.75, 3.05) is 43.6 Å². The summed E-state index contributed by atoms with van der Waals surface area (Å²) in [5.41, 5.74) is 0.0961. The molecule has 15 nitrogen and oxygen atoms in total. The third kappa shape index (κ3) is 6.68. The predicted molar refractivity (Wildman–Crippen MR) is 145 cm³/mol. The number of cyclic esters (lactones) is 1. The fourth-order valence-electron chi connectivity index (χ4n) is 4.97. The number of imide groups is 1. The topological polar surface area (TPSA) is 195 Å². The van der Waals surface area contributed by atoms with Gasteiger partial charge in [-0.25, -0.2) is 14.5 Å². The molecule has 2 fully saturated rings. The van der Waals surface area contributed by atoms with Crippen molar-refractivity contribution >= 4 is 59.1 Å². The van der Waals surface area contributed by atoms with Gasteiger partial charge in [-0.2, -0.15) is 0 Å². The molecular formula is C27H26N5NaO10S. The Hall–Kier alpha value is -3.70. The number of esters is 2. The summed E-state index contributed by atoms with van der Waals surface area (Å²) in [6, 6.07) is 4.43. The van der Waals surface area contributed by atoms with Gasteiger partial charge in [0.05, 0.1) is 30.4 Å². The molecule has 0 radical (unpaired) electrons. The summed E-state index contributed by atoms with van der Waals surface area (Å²) in [5.74, 6) is -4.97. The van der Waals surface area contributed by atoms with Crippen LogP contribution in [0.3, 0.4) is 0 Å². The Kier molecular flexibility index (Phi) is 10.5. The van der Waals surface area contributed by atoms with E-state index in [0.29, 0.717) is 18.7 Å². The molecule has 1 aromatic rings. The second-order valence-electron chi connectivity index (χ2n) is 9.88. The summed E-state index contributed by atoms with van der Waals surface area (Å²) in [4.78, 5) is 90.8. The third-order valence-corrected chi connectivity index (χ3v) is 8.36. The first-order valence-electron chi connectivity index (χ1n) is 13.2. The molecule has 0 saturated carbocycles. The number of hydrogen-bond acceptors (Lipinski definition) is 12. The summed E-state index contributed by atoms with van der Waals surface area (Å²) in [6.07, 6.45) is 1.06. The minimum atomic E-state index is -1.60. The fraction of sp³-hybridized carbons (Fsp3) is 0.370. The van der Waals surface area contributed by atoms with E-state index in [4.69, 9.17) is 9.47 Å². The smallest absolute Gasteiger partial charge is 0.543 e. The molecule has 4 aliphatic rings. The molecule has 5 amide bonds. The molecule has 2 N–H and O–H groups in total. The number of rotatable bonds is 8. The van der Waals surface area contributed by atoms with E-state index in [1.165, 1.54) is 41.8 Å². The number of nitrogens with one attached hydrogen (secondary N) is 2.